The van der Waals surface area contributed by atoms with Crippen LogP contribution in [0.2, 0.25) is 0 Å². The molecule has 1 aromatic heterocycles. The topological polar surface area (TPSA) is 42.3 Å². The first-order valence-electron chi connectivity index (χ1n) is 1.89. The molecule has 0 spiro atoms. The first-order valence-corrected chi connectivity index (χ1v) is 2.84. The van der Waals surface area contributed by atoms with Crippen LogP contribution in [0.25, 0.3) is 0 Å². The van der Waals surface area contributed by atoms with Crippen LogP contribution in [0.1, 0.15) is 0 Å². The van der Waals surface area contributed by atoms with Gasteiger partial charge >= 0.3 is 0 Å². The summed E-state index contributed by atoms with van der Waals surface area (Å²) in [6.45, 7) is 0. The van der Waals surface area contributed by atoms with Gasteiger partial charge in [0.2, 0.25) is 6.08 Å². The predicted molar refractivity (Wildman–Crippen MR) is 29.9 cm³/mol. The van der Waals surface area contributed by atoms with Gasteiger partial charge in [-0.15, -0.1) is 16.3 Å². The molecule has 0 unspecified atom stereocenters. The first kappa shape index (κ1) is 5.15. The second kappa shape index (κ2) is 2.35. The summed E-state index contributed by atoms with van der Waals surface area (Å²) in [5.74, 6) is 0.435. The van der Waals surface area contributed by atoms with Crippen molar-refractivity contribution >= 4 is 23.2 Å². The highest BCUT2D eigenvalue weighted by Gasteiger charge is 1.84. The molecule has 0 amide bonds. The molecule has 8 heavy (non-hydrogen) atoms. The van der Waals surface area contributed by atoms with Gasteiger partial charge in [-0.2, -0.15) is 0 Å². The molecule has 3 nitrogen and oxygen atoms in total. The van der Waals surface area contributed by atoms with Crippen LogP contribution in [0.5, 0.6) is 0 Å². The second-order valence-corrected chi connectivity index (χ2v) is 1.77. The Morgan fingerprint density at radius 2 is 2.75 bits per heavy atom. The lowest BCUT2D eigenvalue weighted by molar-refractivity contribution is 0.565. The molecule has 0 N–H and O–H groups in total. The van der Waals surface area contributed by atoms with Crippen molar-refractivity contribution in [3.8, 4) is 0 Å². The summed E-state index contributed by atoms with van der Waals surface area (Å²) >= 11 is 1.40. The summed E-state index contributed by atoms with van der Waals surface area (Å²) in [7, 11) is 0. The minimum atomic E-state index is 0.435. The SMILES string of the molecule is O=C=Nc1cscn1. The molecule has 0 aliphatic carbocycles. The molecule has 1 aromatic rings. The zero-order valence-corrected chi connectivity index (χ0v) is 4.68. The molecule has 0 saturated carbocycles. The average Bonchev–Trinajstić information content (AvgIpc) is 2.19. The van der Waals surface area contributed by atoms with Gasteiger partial charge in [-0.25, -0.2) is 9.78 Å². The van der Waals surface area contributed by atoms with Crippen molar-refractivity contribution in [2.45, 2.75) is 0 Å². The highest BCUT2D eigenvalue weighted by molar-refractivity contribution is 7.07. The number of hydrogen-bond acceptors (Lipinski definition) is 4. The number of nitrogens with zero attached hydrogens (tertiary/aromatic N) is 2. The first-order chi connectivity index (χ1) is 3.93. The van der Waals surface area contributed by atoms with Gasteiger partial charge in [0.15, 0.2) is 5.82 Å². The Morgan fingerprint density at radius 1 is 1.88 bits per heavy atom. The highest BCUT2D eigenvalue weighted by atomic mass is 32.1. The van der Waals surface area contributed by atoms with Crippen molar-refractivity contribution in [3.63, 3.8) is 0 Å². The minimum Gasteiger partial charge on any atom is -0.225 e. The summed E-state index contributed by atoms with van der Waals surface area (Å²) in [4.78, 5) is 16.5. The molecule has 0 aliphatic heterocycles. The quantitative estimate of drug-likeness (QED) is 0.418. The van der Waals surface area contributed by atoms with Gasteiger partial charge in [0.1, 0.15) is 0 Å². The Kier molecular flexibility index (Phi) is 1.51. The van der Waals surface area contributed by atoms with Gasteiger partial charge in [0, 0.05) is 5.38 Å². The van der Waals surface area contributed by atoms with Crippen molar-refractivity contribution < 1.29 is 4.79 Å². The molecular formula is C4H2N2OS. The summed E-state index contributed by atoms with van der Waals surface area (Å²) < 4.78 is 0. The zero-order valence-electron chi connectivity index (χ0n) is 3.87. The fourth-order valence-electron chi connectivity index (χ4n) is 0.308. The number of isocyanates is 1. The normalized spacial score (nSPS) is 8.00. The lowest BCUT2D eigenvalue weighted by atomic mass is 10.8. The van der Waals surface area contributed by atoms with E-state index in [2.05, 4.69) is 9.98 Å². The van der Waals surface area contributed by atoms with Gasteiger partial charge in [-0.05, 0) is 0 Å². The fourth-order valence-corrected chi connectivity index (χ4v) is 0.773. The van der Waals surface area contributed by atoms with Crippen LogP contribution in [0, 0.1) is 0 Å². The number of aliphatic imine (C=N–C) groups is 1. The van der Waals surface area contributed by atoms with Crippen molar-refractivity contribution in [2.24, 2.45) is 4.99 Å². The average molecular weight is 126 g/mol. The van der Waals surface area contributed by atoms with E-state index in [-0.39, 0.29) is 0 Å². The van der Waals surface area contributed by atoms with Crippen LogP contribution in [-0.4, -0.2) is 11.1 Å². The molecular weight excluding hydrogens is 124 g/mol. The Bertz CT molecular complexity index is 200. The van der Waals surface area contributed by atoms with Crippen LogP contribution >= 0.6 is 11.3 Å². The van der Waals surface area contributed by atoms with Crippen molar-refractivity contribution in [3.05, 3.63) is 10.9 Å². The maximum atomic E-state index is 9.55. The maximum Gasteiger partial charge on any atom is 0.242 e. The molecule has 4 heteroatoms. The summed E-state index contributed by atoms with van der Waals surface area (Å²) in [5, 5.41) is 1.67. The summed E-state index contributed by atoms with van der Waals surface area (Å²) in [6.07, 6.45) is 1.39. The molecule has 40 valence electrons. The van der Waals surface area contributed by atoms with E-state index < -0.39 is 0 Å². The van der Waals surface area contributed by atoms with E-state index in [1.54, 1.807) is 10.9 Å². The summed E-state index contributed by atoms with van der Waals surface area (Å²) in [6, 6.07) is 0. The van der Waals surface area contributed by atoms with Crippen LogP contribution in [-0.2, 0) is 4.79 Å². The van der Waals surface area contributed by atoms with E-state index in [0.29, 0.717) is 5.82 Å². The lowest BCUT2D eigenvalue weighted by Gasteiger charge is -1.68. The number of hydrogen-bond donors (Lipinski definition) is 0. The minimum absolute atomic E-state index is 0.435. The van der Waals surface area contributed by atoms with Gasteiger partial charge in [0.05, 0.1) is 5.51 Å². The number of rotatable bonds is 1. The lowest BCUT2D eigenvalue weighted by Crippen LogP contribution is -1.55. The molecule has 1 heterocycles. The van der Waals surface area contributed by atoms with Gasteiger partial charge in [-0.3, -0.25) is 0 Å². The monoisotopic (exact) mass is 126 g/mol. The van der Waals surface area contributed by atoms with Gasteiger partial charge in [-0.1, -0.05) is 0 Å². The fraction of sp³-hybridized carbons (Fsp3) is 0. The predicted octanol–water partition coefficient (Wildman–Crippen LogP) is 1.11. The van der Waals surface area contributed by atoms with E-state index in [1.165, 1.54) is 17.4 Å². The zero-order chi connectivity index (χ0) is 5.82. The maximum absolute atomic E-state index is 9.55. The molecule has 0 saturated heterocycles. The van der Waals surface area contributed by atoms with E-state index in [9.17, 15) is 4.79 Å². The van der Waals surface area contributed by atoms with Crippen molar-refractivity contribution in [1.82, 2.24) is 4.98 Å². The molecule has 0 aliphatic rings. The van der Waals surface area contributed by atoms with Gasteiger partial charge in [0.25, 0.3) is 0 Å². The number of thiazole rings is 1. The Labute approximate surface area is 49.7 Å². The summed E-state index contributed by atoms with van der Waals surface area (Å²) in [5.41, 5.74) is 1.61. The number of carbonyl (C=O) groups excluding carboxylic acids is 1. The Morgan fingerprint density at radius 3 is 3.25 bits per heavy atom. The Balaban J connectivity index is 2.93. The third-order valence-corrected chi connectivity index (χ3v) is 1.15. The molecule has 0 aromatic carbocycles. The standard InChI is InChI=1S/C4H2N2OS/c7-2-5-4-1-8-3-6-4/h1,3H. The smallest absolute Gasteiger partial charge is 0.225 e. The van der Waals surface area contributed by atoms with Crippen molar-refractivity contribution in [2.75, 3.05) is 0 Å². The van der Waals surface area contributed by atoms with Gasteiger partial charge < -0.3 is 0 Å². The van der Waals surface area contributed by atoms with Crippen LogP contribution in [0.15, 0.2) is 15.9 Å². The van der Waals surface area contributed by atoms with Crippen LogP contribution in [0.4, 0.5) is 5.82 Å². The van der Waals surface area contributed by atoms with E-state index >= 15 is 0 Å². The Hall–Kier alpha value is -0.990. The molecule has 0 radical (unpaired) electrons. The van der Waals surface area contributed by atoms with E-state index in [0.717, 1.165) is 0 Å². The number of aromatic nitrogens is 1. The van der Waals surface area contributed by atoms with Crippen LogP contribution in [0.3, 0.4) is 0 Å². The van der Waals surface area contributed by atoms with E-state index in [4.69, 9.17) is 0 Å². The third-order valence-electron chi connectivity index (χ3n) is 0.579. The third kappa shape index (κ3) is 0.992. The van der Waals surface area contributed by atoms with E-state index in [1.807, 2.05) is 0 Å². The largest absolute Gasteiger partial charge is 0.242 e. The molecule has 0 bridgehead atoms. The van der Waals surface area contributed by atoms with Crippen LogP contribution < -0.4 is 0 Å². The molecule has 1 rings (SSSR count). The van der Waals surface area contributed by atoms with Crippen molar-refractivity contribution in [1.29, 1.82) is 0 Å². The highest BCUT2D eigenvalue weighted by Crippen LogP contribution is 2.08. The molecule has 0 fully saturated rings. The second-order valence-electron chi connectivity index (χ2n) is 1.05. The molecule has 0 atom stereocenters.